The third kappa shape index (κ3) is 4.79. The first-order chi connectivity index (χ1) is 10.6. The van der Waals surface area contributed by atoms with Crippen LogP contribution in [0, 0.1) is 13.8 Å². The molecule has 0 aliphatic carbocycles. The molecule has 1 aliphatic heterocycles. The number of aryl methyl sites for hydroxylation is 2. The molecule has 1 saturated heterocycles. The van der Waals surface area contributed by atoms with Gasteiger partial charge < -0.3 is 14.6 Å². The van der Waals surface area contributed by atoms with E-state index in [2.05, 4.69) is 20.3 Å². The summed E-state index contributed by atoms with van der Waals surface area (Å²) < 4.78 is 10.1. The van der Waals surface area contributed by atoms with Gasteiger partial charge in [-0.1, -0.05) is 5.16 Å². The Labute approximate surface area is 131 Å². The number of carbonyl (C=O) groups is 1. The summed E-state index contributed by atoms with van der Waals surface area (Å²) in [5.74, 6) is 0.966. The Morgan fingerprint density at radius 1 is 1.27 bits per heavy atom. The summed E-state index contributed by atoms with van der Waals surface area (Å²) in [4.78, 5) is 16.3. The first kappa shape index (κ1) is 16.9. The van der Waals surface area contributed by atoms with Crippen LogP contribution in [0.3, 0.4) is 0 Å². The molecule has 0 unspecified atom stereocenters. The van der Waals surface area contributed by atoms with Crippen molar-refractivity contribution in [1.82, 2.24) is 20.3 Å². The van der Waals surface area contributed by atoms with E-state index in [1.807, 2.05) is 13.8 Å². The van der Waals surface area contributed by atoms with Gasteiger partial charge in [0.25, 0.3) is 0 Å². The molecular weight excluding hydrogens is 284 g/mol. The number of ether oxygens (including phenoxy) is 1. The van der Waals surface area contributed by atoms with Gasteiger partial charge in [-0.3, -0.25) is 14.6 Å². The largest absolute Gasteiger partial charge is 0.383 e. The van der Waals surface area contributed by atoms with Crippen molar-refractivity contribution < 1.29 is 14.1 Å². The SMILES string of the molecule is COCCNC(=O)CN1CCN(Cc2c(C)noc2C)CC1. The Balaban J connectivity index is 1.70. The van der Waals surface area contributed by atoms with E-state index in [-0.39, 0.29) is 5.91 Å². The highest BCUT2D eigenvalue weighted by molar-refractivity contribution is 5.77. The number of hydrogen-bond acceptors (Lipinski definition) is 6. The lowest BCUT2D eigenvalue weighted by Gasteiger charge is -2.34. The van der Waals surface area contributed by atoms with Gasteiger partial charge in [0, 0.05) is 51.9 Å². The second kappa shape index (κ2) is 8.26. The lowest BCUT2D eigenvalue weighted by molar-refractivity contribution is -0.122. The molecule has 0 spiro atoms. The van der Waals surface area contributed by atoms with Crippen molar-refractivity contribution in [3.05, 3.63) is 17.0 Å². The van der Waals surface area contributed by atoms with E-state index in [4.69, 9.17) is 9.26 Å². The number of nitrogens with zero attached hydrogens (tertiary/aromatic N) is 3. The van der Waals surface area contributed by atoms with Crippen molar-refractivity contribution in [2.24, 2.45) is 0 Å². The first-order valence-electron chi connectivity index (χ1n) is 7.72. The van der Waals surface area contributed by atoms with Crippen LogP contribution in [0.2, 0.25) is 0 Å². The van der Waals surface area contributed by atoms with Crippen LogP contribution >= 0.6 is 0 Å². The minimum atomic E-state index is 0.0659. The maximum atomic E-state index is 11.8. The number of methoxy groups -OCH3 is 1. The minimum absolute atomic E-state index is 0.0659. The number of piperazine rings is 1. The summed E-state index contributed by atoms with van der Waals surface area (Å²) in [6, 6.07) is 0. The monoisotopic (exact) mass is 310 g/mol. The van der Waals surface area contributed by atoms with Crippen LogP contribution in [0.1, 0.15) is 17.0 Å². The maximum absolute atomic E-state index is 11.8. The van der Waals surface area contributed by atoms with Crippen molar-refractivity contribution in [3.63, 3.8) is 0 Å². The normalized spacial score (nSPS) is 16.9. The second-order valence-electron chi connectivity index (χ2n) is 5.70. The fourth-order valence-corrected chi connectivity index (χ4v) is 2.61. The van der Waals surface area contributed by atoms with Gasteiger partial charge in [-0.2, -0.15) is 0 Å². The topological polar surface area (TPSA) is 70.8 Å². The maximum Gasteiger partial charge on any atom is 0.234 e. The number of rotatable bonds is 7. The standard InChI is InChI=1S/C15H26N4O3/c1-12-14(13(2)22-17-12)10-18-5-7-19(8-6-18)11-15(20)16-4-9-21-3/h4-11H2,1-3H3,(H,16,20). The van der Waals surface area contributed by atoms with Crippen LogP contribution in [0.5, 0.6) is 0 Å². The number of nitrogens with one attached hydrogen (secondary N) is 1. The summed E-state index contributed by atoms with van der Waals surface area (Å²) in [7, 11) is 1.63. The molecule has 2 rings (SSSR count). The van der Waals surface area contributed by atoms with Crippen molar-refractivity contribution in [3.8, 4) is 0 Å². The Morgan fingerprint density at radius 3 is 2.55 bits per heavy atom. The number of hydrogen-bond donors (Lipinski definition) is 1. The summed E-state index contributed by atoms with van der Waals surface area (Å²) in [5, 5.41) is 6.85. The zero-order valence-electron chi connectivity index (χ0n) is 13.7. The van der Waals surface area contributed by atoms with E-state index < -0.39 is 0 Å². The molecule has 1 N–H and O–H groups in total. The molecule has 7 heteroatoms. The van der Waals surface area contributed by atoms with Gasteiger partial charge in [0.05, 0.1) is 18.8 Å². The molecule has 1 aromatic rings. The molecule has 7 nitrogen and oxygen atoms in total. The first-order valence-corrected chi connectivity index (χ1v) is 7.72. The predicted octanol–water partition coefficient (Wildman–Crippen LogP) is 0.172. The molecule has 1 fully saturated rings. The molecule has 0 radical (unpaired) electrons. The van der Waals surface area contributed by atoms with Crippen LogP contribution in [-0.4, -0.2) is 73.8 Å². The minimum Gasteiger partial charge on any atom is -0.383 e. The summed E-state index contributed by atoms with van der Waals surface area (Å²) in [6.07, 6.45) is 0. The molecule has 22 heavy (non-hydrogen) atoms. The fraction of sp³-hybridized carbons (Fsp3) is 0.733. The van der Waals surface area contributed by atoms with Crippen LogP contribution in [0.25, 0.3) is 0 Å². The lowest BCUT2D eigenvalue weighted by atomic mass is 10.2. The average Bonchev–Trinajstić information content (AvgIpc) is 2.81. The molecule has 1 aromatic heterocycles. The summed E-state index contributed by atoms with van der Waals surface area (Å²) in [6.45, 7) is 10.1. The van der Waals surface area contributed by atoms with Gasteiger partial charge in [0.2, 0.25) is 5.91 Å². The van der Waals surface area contributed by atoms with Crippen LogP contribution < -0.4 is 5.32 Å². The van der Waals surface area contributed by atoms with E-state index >= 15 is 0 Å². The predicted molar refractivity (Wildman–Crippen MR) is 82.6 cm³/mol. The van der Waals surface area contributed by atoms with Crippen molar-refractivity contribution in [1.29, 1.82) is 0 Å². The van der Waals surface area contributed by atoms with E-state index in [0.717, 1.165) is 44.2 Å². The van der Waals surface area contributed by atoms with Gasteiger partial charge in [0.15, 0.2) is 0 Å². The highest BCUT2D eigenvalue weighted by Gasteiger charge is 2.21. The Hall–Kier alpha value is -1.44. The van der Waals surface area contributed by atoms with Crippen molar-refractivity contribution in [2.45, 2.75) is 20.4 Å². The fourth-order valence-electron chi connectivity index (χ4n) is 2.61. The van der Waals surface area contributed by atoms with Crippen LogP contribution in [0.4, 0.5) is 0 Å². The lowest BCUT2D eigenvalue weighted by Crippen LogP contribution is -2.49. The summed E-state index contributed by atoms with van der Waals surface area (Å²) in [5.41, 5.74) is 2.16. The van der Waals surface area contributed by atoms with Gasteiger partial charge >= 0.3 is 0 Å². The molecule has 2 heterocycles. The van der Waals surface area contributed by atoms with E-state index in [9.17, 15) is 4.79 Å². The zero-order chi connectivity index (χ0) is 15.9. The smallest absolute Gasteiger partial charge is 0.234 e. The highest BCUT2D eigenvalue weighted by atomic mass is 16.5. The zero-order valence-corrected chi connectivity index (χ0v) is 13.7. The molecular formula is C15H26N4O3. The average molecular weight is 310 g/mol. The Bertz CT molecular complexity index is 462. The molecule has 0 aromatic carbocycles. The van der Waals surface area contributed by atoms with E-state index in [1.165, 1.54) is 5.56 Å². The number of carbonyl (C=O) groups excluding carboxylic acids is 1. The van der Waals surface area contributed by atoms with Crippen LogP contribution in [-0.2, 0) is 16.1 Å². The second-order valence-corrected chi connectivity index (χ2v) is 5.70. The Kier molecular flexibility index (Phi) is 6.35. The molecule has 0 saturated carbocycles. The molecule has 1 aliphatic rings. The quantitative estimate of drug-likeness (QED) is 0.724. The number of aromatic nitrogens is 1. The van der Waals surface area contributed by atoms with Crippen LogP contribution in [0.15, 0.2) is 4.52 Å². The molecule has 124 valence electrons. The van der Waals surface area contributed by atoms with Crippen molar-refractivity contribution >= 4 is 5.91 Å². The molecule has 0 atom stereocenters. The third-order valence-electron chi connectivity index (χ3n) is 4.02. The van der Waals surface area contributed by atoms with Gasteiger partial charge in [0.1, 0.15) is 5.76 Å². The van der Waals surface area contributed by atoms with Gasteiger partial charge in [-0.05, 0) is 13.8 Å². The van der Waals surface area contributed by atoms with Gasteiger partial charge in [-0.25, -0.2) is 0 Å². The van der Waals surface area contributed by atoms with Crippen molar-refractivity contribution in [2.75, 3.05) is 53.0 Å². The summed E-state index contributed by atoms with van der Waals surface area (Å²) >= 11 is 0. The molecule has 1 amide bonds. The molecule has 0 bridgehead atoms. The Morgan fingerprint density at radius 2 is 1.95 bits per heavy atom. The third-order valence-corrected chi connectivity index (χ3v) is 4.02. The highest BCUT2D eigenvalue weighted by Crippen LogP contribution is 2.16. The van der Waals surface area contributed by atoms with E-state index in [1.54, 1.807) is 7.11 Å². The van der Waals surface area contributed by atoms with E-state index in [0.29, 0.717) is 19.7 Å². The number of amides is 1. The van der Waals surface area contributed by atoms with Gasteiger partial charge in [-0.15, -0.1) is 0 Å².